The van der Waals surface area contributed by atoms with E-state index >= 15 is 0 Å². The van der Waals surface area contributed by atoms with Crippen molar-refractivity contribution in [2.75, 3.05) is 11.9 Å². The molecule has 0 unspecified atom stereocenters. The Hall–Kier alpha value is -2.73. The molecule has 3 amide bonds. The molecule has 6 nitrogen and oxygen atoms in total. The highest BCUT2D eigenvalue weighted by Crippen LogP contribution is 2.18. The van der Waals surface area contributed by atoms with Crippen molar-refractivity contribution in [1.82, 2.24) is 10.9 Å². The first-order valence-corrected chi connectivity index (χ1v) is 7.82. The summed E-state index contributed by atoms with van der Waals surface area (Å²) in [6, 6.07) is 12.9. The first-order chi connectivity index (χ1) is 11.6. The van der Waals surface area contributed by atoms with Gasteiger partial charge in [-0.2, -0.15) is 0 Å². The van der Waals surface area contributed by atoms with Crippen LogP contribution in [0.3, 0.4) is 0 Å². The zero-order valence-electron chi connectivity index (χ0n) is 13.1. The topological polar surface area (TPSA) is 79.5 Å². The SMILES string of the molecule is CCCOc1ccccc1C(=O)NNC(=O)Nc1cccc(Cl)c1. The second kappa shape index (κ2) is 8.79. The van der Waals surface area contributed by atoms with Gasteiger partial charge in [-0.3, -0.25) is 10.2 Å². The average molecular weight is 348 g/mol. The lowest BCUT2D eigenvalue weighted by atomic mass is 10.2. The van der Waals surface area contributed by atoms with E-state index in [9.17, 15) is 9.59 Å². The molecule has 0 aromatic heterocycles. The summed E-state index contributed by atoms with van der Waals surface area (Å²) in [6.45, 7) is 2.48. The summed E-state index contributed by atoms with van der Waals surface area (Å²) in [5.41, 5.74) is 5.48. The smallest absolute Gasteiger partial charge is 0.337 e. The lowest BCUT2D eigenvalue weighted by Gasteiger charge is -2.12. The summed E-state index contributed by atoms with van der Waals surface area (Å²) >= 11 is 5.84. The van der Waals surface area contributed by atoms with E-state index in [1.54, 1.807) is 48.5 Å². The Balaban J connectivity index is 1.92. The standard InChI is InChI=1S/C17H18ClN3O3/c1-2-10-24-15-9-4-3-8-14(15)16(22)20-21-17(23)19-13-7-5-6-12(18)11-13/h3-9,11H,2,10H2,1H3,(H,20,22)(H2,19,21,23). The van der Waals surface area contributed by atoms with Crippen LogP contribution in [0.4, 0.5) is 10.5 Å². The number of rotatable bonds is 5. The number of para-hydroxylation sites is 1. The van der Waals surface area contributed by atoms with E-state index < -0.39 is 11.9 Å². The first-order valence-electron chi connectivity index (χ1n) is 7.45. The van der Waals surface area contributed by atoms with Crippen molar-refractivity contribution in [3.8, 4) is 5.75 Å². The van der Waals surface area contributed by atoms with Gasteiger partial charge in [0.2, 0.25) is 0 Å². The molecule has 0 aliphatic carbocycles. The third-order valence-electron chi connectivity index (χ3n) is 2.97. The van der Waals surface area contributed by atoms with Gasteiger partial charge in [0.05, 0.1) is 12.2 Å². The summed E-state index contributed by atoms with van der Waals surface area (Å²) in [5, 5.41) is 3.06. The van der Waals surface area contributed by atoms with Crippen LogP contribution in [0.1, 0.15) is 23.7 Å². The van der Waals surface area contributed by atoms with Crippen LogP contribution in [-0.4, -0.2) is 18.5 Å². The molecule has 24 heavy (non-hydrogen) atoms. The molecule has 0 spiro atoms. The van der Waals surface area contributed by atoms with Crippen molar-refractivity contribution in [1.29, 1.82) is 0 Å². The van der Waals surface area contributed by atoms with Crippen molar-refractivity contribution in [2.45, 2.75) is 13.3 Å². The monoisotopic (exact) mass is 347 g/mol. The van der Waals surface area contributed by atoms with E-state index in [0.29, 0.717) is 28.6 Å². The number of hydrogen-bond donors (Lipinski definition) is 3. The van der Waals surface area contributed by atoms with Crippen LogP contribution in [0.2, 0.25) is 5.02 Å². The van der Waals surface area contributed by atoms with Crippen LogP contribution in [0.15, 0.2) is 48.5 Å². The summed E-state index contributed by atoms with van der Waals surface area (Å²) in [5.74, 6) is -0.00292. The molecule has 2 aromatic rings. The van der Waals surface area contributed by atoms with Crippen LogP contribution >= 0.6 is 11.6 Å². The van der Waals surface area contributed by atoms with Gasteiger partial charge in [0.15, 0.2) is 0 Å². The van der Waals surface area contributed by atoms with Gasteiger partial charge in [-0.05, 0) is 36.8 Å². The van der Waals surface area contributed by atoms with Gasteiger partial charge < -0.3 is 10.1 Å². The maximum atomic E-state index is 12.2. The third-order valence-corrected chi connectivity index (χ3v) is 3.20. The number of hydrazine groups is 1. The molecule has 0 saturated carbocycles. The van der Waals surface area contributed by atoms with Crippen molar-refractivity contribution >= 4 is 29.2 Å². The molecule has 7 heteroatoms. The Morgan fingerprint density at radius 2 is 1.88 bits per heavy atom. The summed E-state index contributed by atoms with van der Waals surface area (Å²) < 4.78 is 5.52. The van der Waals surface area contributed by atoms with Crippen LogP contribution in [0.25, 0.3) is 0 Å². The van der Waals surface area contributed by atoms with Gasteiger partial charge in [0.1, 0.15) is 5.75 Å². The summed E-state index contributed by atoms with van der Waals surface area (Å²) in [6.07, 6.45) is 0.830. The molecule has 0 aliphatic heterocycles. The Kier molecular flexibility index (Phi) is 6.45. The number of ether oxygens (including phenoxy) is 1. The highest BCUT2D eigenvalue weighted by molar-refractivity contribution is 6.30. The highest BCUT2D eigenvalue weighted by atomic mass is 35.5. The van der Waals surface area contributed by atoms with Crippen LogP contribution in [0, 0.1) is 0 Å². The van der Waals surface area contributed by atoms with Gasteiger partial charge in [-0.25, -0.2) is 10.2 Å². The van der Waals surface area contributed by atoms with Gasteiger partial charge in [0, 0.05) is 10.7 Å². The van der Waals surface area contributed by atoms with Crippen molar-refractivity contribution < 1.29 is 14.3 Å². The number of nitrogens with one attached hydrogen (secondary N) is 3. The predicted octanol–water partition coefficient (Wildman–Crippen LogP) is 3.60. The maximum absolute atomic E-state index is 12.2. The lowest BCUT2D eigenvalue weighted by molar-refractivity contribution is 0.0934. The van der Waals surface area contributed by atoms with Gasteiger partial charge >= 0.3 is 6.03 Å². The van der Waals surface area contributed by atoms with E-state index in [1.165, 1.54) is 0 Å². The molecule has 126 valence electrons. The molecule has 0 bridgehead atoms. The number of urea groups is 1. The number of halogens is 1. The van der Waals surface area contributed by atoms with Gasteiger partial charge in [0.25, 0.3) is 5.91 Å². The Morgan fingerprint density at radius 3 is 2.62 bits per heavy atom. The van der Waals surface area contributed by atoms with Crippen LogP contribution < -0.4 is 20.9 Å². The number of carbonyl (C=O) groups excluding carboxylic acids is 2. The summed E-state index contributed by atoms with van der Waals surface area (Å²) in [7, 11) is 0. The van der Waals surface area contributed by atoms with Crippen LogP contribution in [-0.2, 0) is 0 Å². The average Bonchev–Trinajstić information content (AvgIpc) is 2.58. The fourth-order valence-electron chi connectivity index (χ4n) is 1.90. The molecule has 2 aromatic carbocycles. The first kappa shape index (κ1) is 17.6. The fourth-order valence-corrected chi connectivity index (χ4v) is 2.09. The molecule has 0 aliphatic rings. The number of benzene rings is 2. The van der Waals surface area contributed by atoms with E-state index in [-0.39, 0.29) is 0 Å². The molecule has 0 saturated heterocycles. The normalized spacial score (nSPS) is 9.92. The number of anilines is 1. The molecule has 2 rings (SSSR count). The molecule has 0 radical (unpaired) electrons. The molecule has 0 atom stereocenters. The quantitative estimate of drug-likeness (QED) is 0.723. The van der Waals surface area contributed by atoms with Crippen molar-refractivity contribution in [2.24, 2.45) is 0 Å². The highest BCUT2D eigenvalue weighted by Gasteiger charge is 2.12. The minimum atomic E-state index is -0.586. The van der Waals surface area contributed by atoms with E-state index in [0.717, 1.165) is 6.42 Å². The largest absolute Gasteiger partial charge is 0.493 e. The Morgan fingerprint density at radius 1 is 1.08 bits per heavy atom. The van der Waals surface area contributed by atoms with E-state index in [1.807, 2.05) is 6.92 Å². The van der Waals surface area contributed by atoms with E-state index in [2.05, 4.69) is 16.2 Å². The van der Waals surface area contributed by atoms with E-state index in [4.69, 9.17) is 16.3 Å². The zero-order valence-corrected chi connectivity index (χ0v) is 13.9. The molecular formula is C17H18ClN3O3. The summed E-state index contributed by atoms with van der Waals surface area (Å²) in [4.78, 5) is 24.0. The maximum Gasteiger partial charge on any atom is 0.337 e. The number of amides is 3. The number of carbonyl (C=O) groups is 2. The lowest BCUT2D eigenvalue weighted by Crippen LogP contribution is -2.44. The van der Waals surface area contributed by atoms with Crippen molar-refractivity contribution in [3.63, 3.8) is 0 Å². The molecule has 0 heterocycles. The second-order valence-electron chi connectivity index (χ2n) is 4.89. The second-order valence-corrected chi connectivity index (χ2v) is 5.32. The zero-order chi connectivity index (χ0) is 17.4. The van der Waals surface area contributed by atoms with Crippen molar-refractivity contribution in [3.05, 3.63) is 59.1 Å². The van der Waals surface area contributed by atoms with Gasteiger partial charge in [-0.1, -0.05) is 36.7 Å². The molecule has 0 fully saturated rings. The predicted molar refractivity (Wildman–Crippen MR) is 93.3 cm³/mol. The minimum Gasteiger partial charge on any atom is -0.493 e. The van der Waals surface area contributed by atoms with Crippen LogP contribution in [0.5, 0.6) is 5.75 Å². The fraction of sp³-hybridized carbons (Fsp3) is 0.176. The Labute approximate surface area is 145 Å². The molecule has 3 N–H and O–H groups in total. The Bertz CT molecular complexity index is 722. The minimum absolute atomic E-state index is 0.342. The molecular weight excluding hydrogens is 330 g/mol. The van der Waals surface area contributed by atoms with Gasteiger partial charge in [-0.15, -0.1) is 0 Å². The third kappa shape index (κ3) is 5.17. The number of hydrogen-bond acceptors (Lipinski definition) is 3.